The van der Waals surface area contributed by atoms with E-state index in [4.69, 9.17) is 0 Å². The highest BCUT2D eigenvalue weighted by atomic mass is 32.1. The fourth-order valence-corrected chi connectivity index (χ4v) is 4.08. The molecule has 2 aromatic rings. The Bertz CT molecular complexity index is 703. The van der Waals surface area contributed by atoms with Gasteiger partial charge in [-0.05, 0) is 18.9 Å². The zero-order valence-corrected chi connectivity index (χ0v) is 15.2. The summed E-state index contributed by atoms with van der Waals surface area (Å²) in [7, 11) is 0. The SMILES string of the molecule is CCN1C(=O)CC[C@@H](C(=O)NCCc2nccs2)[C@@H]1c1ccccc1. The summed E-state index contributed by atoms with van der Waals surface area (Å²) in [5.74, 6) is -0.0594. The van der Waals surface area contributed by atoms with Gasteiger partial charge >= 0.3 is 0 Å². The fourth-order valence-electron chi connectivity index (χ4n) is 3.46. The van der Waals surface area contributed by atoms with Crippen molar-refractivity contribution in [2.75, 3.05) is 13.1 Å². The molecule has 0 aliphatic carbocycles. The molecule has 1 aromatic carbocycles. The molecule has 2 atom stereocenters. The predicted molar refractivity (Wildman–Crippen MR) is 98.1 cm³/mol. The third kappa shape index (κ3) is 4.07. The first kappa shape index (κ1) is 17.6. The Balaban J connectivity index is 1.72. The van der Waals surface area contributed by atoms with Crippen molar-refractivity contribution in [1.29, 1.82) is 0 Å². The van der Waals surface area contributed by atoms with E-state index in [9.17, 15) is 9.59 Å². The molecule has 1 N–H and O–H groups in total. The number of benzene rings is 1. The number of likely N-dealkylation sites (tertiary alicyclic amines) is 1. The molecule has 3 rings (SSSR count). The summed E-state index contributed by atoms with van der Waals surface area (Å²) >= 11 is 1.60. The van der Waals surface area contributed by atoms with Crippen molar-refractivity contribution in [2.24, 2.45) is 5.92 Å². The zero-order chi connectivity index (χ0) is 17.6. The van der Waals surface area contributed by atoms with E-state index in [1.165, 1.54) is 0 Å². The van der Waals surface area contributed by atoms with Gasteiger partial charge in [0.1, 0.15) is 0 Å². The molecular formula is C19H23N3O2S. The van der Waals surface area contributed by atoms with E-state index >= 15 is 0 Å². The van der Waals surface area contributed by atoms with Crippen LogP contribution >= 0.6 is 11.3 Å². The lowest BCUT2D eigenvalue weighted by Gasteiger charge is -2.40. The third-order valence-corrected chi connectivity index (χ3v) is 5.49. The average molecular weight is 357 g/mol. The molecule has 0 radical (unpaired) electrons. The van der Waals surface area contributed by atoms with Crippen molar-refractivity contribution in [1.82, 2.24) is 15.2 Å². The molecule has 1 saturated heterocycles. The number of nitrogens with one attached hydrogen (secondary N) is 1. The minimum absolute atomic E-state index is 0.0244. The second-order valence-corrected chi connectivity index (χ2v) is 7.13. The molecular weight excluding hydrogens is 334 g/mol. The number of aromatic nitrogens is 1. The first-order valence-corrected chi connectivity index (χ1v) is 9.59. The molecule has 1 aliphatic heterocycles. The lowest BCUT2D eigenvalue weighted by molar-refractivity contribution is -0.143. The van der Waals surface area contributed by atoms with Crippen LogP contribution in [-0.2, 0) is 16.0 Å². The summed E-state index contributed by atoms with van der Waals surface area (Å²) in [4.78, 5) is 31.2. The van der Waals surface area contributed by atoms with E-state index in [0.717, 1.165) is 17.0 Å². The van der Waals surface area contributed by atoms with Crippen molar-refractivity contribution in [3.05, 3.63) is 52.5 Å². The van der Waals surface area contributed by atoms with Crippen molar-refractivity contribution < 1.29 is 9.59 Å². The standard InChI is InChI=1S/C19H23N3O2S/c1-2-22-17(23)9-8-15(18(22)14-6-4-3-5-7-14)19(24)21-11-10-16-20-12-13-25-16/h3-7,12-13,15,18H,2,8-11H2,1H3,(H,21,24)/t15-,18+/m1/s1. The number of amides is 2. The maximum atomic E-state index is 12.8. The van der Waals surface area contributed by atoms with Crippen LogP contribution in [0.25, 0.3) is 0 Å². The monoisotopic (exact) mass is 357 g/mol. The molecule has 6 heteroatoms. The molecule has 0 saturated carbocycles. The Morgan fingerprint density at radius 1 is 1.36 bits per heavy atom. The van der Waals surface area contributed by atoms with E-state index in [-0.39, 0.29) is 23.8 Å². The summed E-state index contributed by atoms with van der Waals surface area (Å²) < 4.78 is 0. The predicted octanol–water partition coefficient (Wildman–Crippen LogP) is 2.80. The van der Waals surface area contributed by atoms with E-state index < -0.39 is 0 Å². The maximum absolute atomic E-state index is 12.8. The van der Waals surface area contributed by atoms with Crippen LogP contribution in [0.1, 0.15) is 36.4 Å². The van der Waals surface area contributed by atoms with Gasteiger partial charge in [0.25, 0.3) is 0 Å². The molecule has 1 aliphatic rings. The number of hydrogen-bond acceptors (Lipinski definition) is 4. The Kier molecular flexibility index (Phi) is 5.81. The van der Waals surface area contributed by atoms with Gasteiger partial charge in [-0.2, -0.15) is 0 Å². The van der Waals surface area contributed by atoms with Crippen molar-refractivity contribution >= 4 is 23.2 Å². The average Bonchev–Trinajstić information content (AvgIpc) is 3.15. The molecule has 0 spiro atoms. The first-order valence-electron chi connectivity index (χ1n) is 8.71. The highest BCUT2D eigenvalue weighted by Gasteiger charge is 2.39. The number of rotatable bonds is 6. The van der Waals surface area contributed by atoms with E-state index in [0.29, 0.717) is 25.9 Å². The summed E-state index contributed by atoms with van der Waals surface area (Å²) in [5.41, 5.74) is 1.03. The molecule has 2 heterocycles. The molecule has 1 aromatic heterocycles. The number of nitrogens with zero attached hydrogens (tertiary/aromatic N) is 2. The lowest BCUT2D eigenvalue weighted by atomic mass is 9.83. The molecule has 0 unspecified atom stereocenters. The number of thiazole rings is 1. The summed E-state index contributed by atoms with van der Waals surface area (Å²) in [6, 6.07) is 9.68. The molecule has 132 valence electrons. The van der Waals surface area contributed by atoms with Gasteiger partial charge in [0.15, 0.2) is 0 Å². The van der Waals surface area contributed by atoms with Gasteiger partial charge in [0.05, 0.1) is 17.0 Å². The minimum atomic E-state index is -0.212. The number of carbonyl (C=O) groups excluding carboxylic acids is 2. The van der Waals surface area contributed by atoms with Crippen molar-refractivity contribution in [3.8, 4) is 0 Å². The Hall–Kier alpha value is -2.21. The molecule has 25 heavy (non-hydrogen) atoms. The van der Waals surface area contributed by atoms with E-state index in [2.05, 4.69) is 10.3 Å². The van der Waals surface area contributed by atoms with Gasteiger partial charge in [-0.15, -0.1) is 11.3 Å². The van der Waals surface area contributed by atoms with Gasteiger partial charge in [-0.3, -0.25) is 9.59 Å². The summed E-state index contributed by atoms with van der Waals surface area (Å²) in [6.07, 6.45) is 3.54. The Morgan fingerprint density at radius 2 is 2.16 bits per heavy atom. The fraction of sp³-hybridized carbons (Fsp3) is 0.421. The van der Waals surface area contributed by atoms with Crippen LogP contribution in [0, 0.1) is 5.92 Å². The first-order chi connectivity index (χ1) is 12.2. The van der Waals surface area contributed by atoms with Crippen LogP contribution in [-0.4, -0.2) is 34.8 Å². The van der Waals surface area contributed by atoms with Crippen LogP contribution in [0.5, 0.6) is 0 Å². The molecule has 5 nitrogen and oxygen atoms in total. The van der Waals surface area contributed by atoms with Crippen LogP contribution in [0.3, 0.4) is 0 Å². The zero-order valence-electron chi connectivity index (χ0n) is 14.4. The molecule has 1 fully saturated rings. The van der Waals surface area contributed by atoms with Crippen molar-refractivity contribution in [3.63, 3.8) is 0 Å². The van der Waals surface area contributed by atoms with Crippen molar-refractivity contribution in [2.45, 2.75) is 32.2 Å². The van der Waals surface area contributed by atoms with Gasteiger partial charge in [0.2, 0.25) is 11.8 Å². The maximum Gasteiger partial charge on any atom is 0.225 e. The number of hydrogen-bond donors (Lipinski definition) is 1. The van der Waals surface area contributed by atoms with Gasteiger partial charge in [-0.1, -0.05) is 30.3 Å². The smallest absolute Gasteiger partial charge is 0.225 e. The second kappa shape index (κ2) is 8.25. The normalized spacial score (nSPS) is 20.5. The number of carbonyl (C=O) groups is 2. The van der Waals surface area contributed by atoms with Gasteiger partial charge in [0, 0.05) is 37.5 Å². The topological polar surface area (TPSA) is 62.3 Å². The van der Waals surface area contributed by atoms with Gasteiger partial charge in [-0.25, -0.2) is 4.98 Å². The van der Waals surface area contributed by atoms with Crippen LogP contribution < -0.4 is 5.32 Å². The largest absolute Gasteiger partial charge is 0.355 e. The summed E-state index contributed by atoms with van der Waals surface area (Å²) in [6.45, 7) is 3.16. The quantitative estimate of drug-likeness (QED) is 0.865. The van der Waals surface area contributed by atoms with Crippen LogP contribution in [0.2, 0.25) is 0 Å². The third-order valence-electron chi connectivity index (χ3n) is 4.65. The Labute approximate surface area is 152 Å². The number of piperidine rings is 1. The summed E-state index contributed by atoms with van der Waals surface area (Å²) in [5, 5.41) is 6.00. The second-order valence-electron chi connectivity index (χ2n) is 6.15. The van der Waals surface area contributed by atoms with E-state index in [1.54, 1.807) is 17.5 Å². The molecule has 2 amide bonds. The van der Waals surface area contributed by atoms with Crippen LogP contribution in [0.15, 0.2) is 41.9 Å². The minimum Gasteiger partial charge on any atom is -0.355 e. The van der Waals surface area contributed by atoms with E-state index in [1.807, 2.05) is 47.5 Å². The van der Waals surface area contributed by atoms with Gasteiger partial charge < -0.3 is 10.2 Å². The highest BCUT2D eigenvalue weighted by Crippen LogP contribution is 2.36. The van der Waals surface area contributed by atoms with Crippen LogP contribution in [0.4, 0.5) is 0 Å². The lowest BCUT2D eigenvalue weighted by Crippen LogP contribution is -2.48. The Morgan fingerprint density at radius 3 is 2.84 bits per heavy atom. The highest BCUT2D eigenvalue weighted by molar-refractivity contribution is 7.09. The molecule has 0 bridgehead atoms.